The van der Waals surface area contributed by atoms with Gasteiger partial charge in [-0.25, -0.2) is 4.98 Å². The Morgan fingerprint density at radius 1 is 1.08 bits per heavy atom. The predicted molar refractivity (Wildman–Crippen MR) is 139 cm³/mol. The number of halogens is 5. The minimum absolute atomic E-state index is 0.183. The molecule has 0 aliphatic rings. The highest BCUT2D eigenvalue weighted by Gasteiger charge is 2.04. The maximum atomic E-state index is 11.0. The smallest absolute Gasteiger partial charge is 0.255 e. The summed E-state index contributed by atoms with van der Waals surface area (Å²) in [6.45, 7) is 9.40. The van der Waals surface area contributed by atoms with Crippen molar-refractivity contribution in [2.45, 2.75) is 34.6 Å². The van der Waals surface area contributed by atoms with E-state index in [9.17, 15) is 5.21 Å². The van der Waals surface area contributed by atoms with Crippen LogP contribution in [0.5, 0.6) is 0 Å². The first-order chi connectivity index (χ1) is 12.0. The third-order valence-corrected chi connectivity index (χ3v) is 4.89. The van der Waals surface area contributed by atoms with Crippen LogP contribution >= 0.6 is 95.7 Å². The SMILES string of the molecule is BrP(Br)Br.CC#N.Cc1cc(C)c(I)[n+]([O-])c1.Cc1cnc(I)c(C)c1. The average molecular weight is 794 g/mol. The number of rotatable bonds is 0. The van der Waals surface area contributed by atoms with Crippen LogP contribution in [0, 0.1) is 51.6 Å². The van der Waals surface area contributed by atoms with Gasteiger partial charge in [-0.05, 0) is 114 Å². The van der Waals surface area contributed by atoms with Crippen LogP contribution in [0.3, 0.4) is 0 Å². The maximum absolute atomic E-state index is 11.0. The second-order valence-electron chi connectivity index (χ2n) is 4.85. The number of nitrogens with zero attached hydrogens (tertiary/aromatic N) is 3. The zero-order chi connectivity index (χ0) is 20.9. The second-order valence-corrected chi connectivity index (χ2v) is 22.2. The van der Waals surface area contributed by atoms with Gasteiger partial charge in [0.2, 0.25) is 0 Å². The largest absolute Gasteiger partial charge is 0.618 e. The summed E-state index contributed by atoms with van der Waals surface area (Å²) in [6.07, 6.45) is 3.46. The van der Waals surface area contributed by atoms with Crippen molar-refractivity contribution in [1.82, 2.24) is 4.98 Å². The van der Waals surface area contributed by atoms with E-state index in [1.807, 2.05) is 48.7 Å². The summed E-state index contributed by atoms with van der Waals surface area (Å²) >= 11 is 13.8. The number of hydrogen-bond donors (Lipinski definition) is 0. The molecule has 0 spiro atoms. The molecule has 0 atom stereocenters. The summed E-state index contributed by atoms with van der Waals surface area (Å²) in [7, 11) is 0. The molecule has 2 aromatic heterocycles. The van der Waals surface area contributed by atoms with Crippen LogP contribution in [-0.4, -0.2) is 4.98 Å². The van der Waals surface area contributed by atoms with Crippen LogP contribution in [-0.2, 0) is 0 Å². The Kier molecular flexibility index (Phi) is 18.9. The van der Waals surface area contributed by atoms with Crippen LogP contribution in [0.15, 0.2) is 24.5 Å². The average Bonchev–Trinajstić information content (AvgIpc) is 2.50. The van der Waals surface area contributed by atoms with Gasteiger partial charge >= 0.3 is 0 Å². The second kappa shape index (κ2) is 16.8. The summed E-state index contributed by atoms with van der Waals surface area (Å²) in [4.78, 5) is 4.16. The Morgan fingerprint density at radius 2 is 1.50 bits per heavy atom. The topological polar surface area (TPSA) is 63.6 Å². The molecular weight excluding hydrogens is 775 g/mol. The van der Waals surface area contributed by atoms with Crippen LogP contribution in [0.1, 0.15) is 29.2 Å². The fourth-order valence-corrected chi connectivity index (χ4v) is 2.14. The van der Waals surface area contributed by atoms with Crippen molar-refractivity contribution in [2.75, 3.05) is 0 Å². The Bertz CT molecular complexity index is 703. The zero-order valence-corrected chi connectivity index (χ0v) is 24.9. The lowest BCUT2D eigenvalue weighted by Crippen LogP contribution is -2.31. The molecule has 0 unspecified atom stereocenters. The molecule has 10 heteroatoms. The quantitative estimate of drug-likeness (QED) is 0.0901. The van der Waals surface area contributed by atoms with Gasteiger partial charge in [-0.3, -0.25) is 0 Å². The summed E-state index contributed by atoms with van der Waals surface area (Å²) in [6, 6.07) is 5.88. The van der Waals surface area contributed by atoms with E-state index in [0.717, 1.165) is 23.3 Å². The highest BCUT2D eigenvalue weighted by molar-refractivity contribution is 14.1. The highest BCUT2D eigenvalue weighted by atomic mass is 127. The zero-order valence-electron chi connectivity index (χ0n) is 14.9. The van der Waals surface area contributed by atoms with Gasteiger partial charge in [-0.15, -0.1) is 0 Å². The summed E-state index contributed by atoms with van der Waals surface area (Å²) in [5, 5.41) is 18.3. The highest BCUT2D eigenvalue weighted by Crippen LogP contribution is 2.59. The van der Waals surface area contributed by atoms with Gasteiger partial charge in [0, 0.05) is 46.8 Å². The molecule has 26 heavy (non-hydrogen) atoms. The third-order valence-electron chi connectivity index (χ3n) is 2.44. The lowest BCUT2D eigenvalue weighted by atomic mass is 10.2. The van der Waals surface area contributed by atoms with Crippen molar-refractivity contribution in [3.05, 3.63) is 59.4 Å². The molecule has 0 aromatic carbocycles. The molecule has 4 nitrogen and oxygen atoms in total. The first kappa shape index (κ1) is 29.1. The number of pyridine rings is 2. The summed E-state index contributed by atoms with van der Waals surface area (Å²) in [5.74, 6) is 0. The normalized spacial score (nSPS) is 8.85. The lowest BCUT2D eigenvalue weighted by Gasteiger charge is -2.01. The van der Waals surface area contributed by atoms with Crippen molar-refractivity contribution in [1.29, 1.82) is 5.26 Å². The molecule has 0 aliphatic heterocycles. The van der Waals surface area contributed by atoms with Crippen LogP contribution in [0.2, 0.25) is 0 Å². The maximum Gasteiger partial charge on any atom is 0.255 e. The van der Waals surface area contributed by atoms with Gasteiger partial charge in [0.1, 0.15) is 7.73 Å². The monoisotopic (exact) mass is 791 g/mol. The molecule has 0 radical (unpaired) electrons. The standard InChI is InChI=1S/C7H8INO.C7H8IN.C2H3N.Br3P/c1-5-3-6(2)7(8)9(10)4-5;1-5-3-6(2)7(8)9-4-5;1-2-3;1-4(2)3/h3-4H,1-2H3;3-4H,1-2H3;1H3;. The van der Waals surface area contributed by atoms with Gasteiger partial charge in [0.05, 0.1) is 6.07 Å². The molecule has 0 N–H and O–H groups in total. The van der Waals surface area contributed by atoms with Crippen LogP contribution in [0.25, 0.3) is 0 Å². The number of nitriles is 1. The Balaban J connectivity index is 0. The third kappa shape index (κ3) is 15.9. The van der Waals surface area contributed by atoms with Crippen LogP contribution in [0.4, 0.5) is 0 Å². The van der Waals surface area contributed by atoms with Gasteiger partial charge in [-0.1, -0.05) is 6.07 Å². The predicted octanol–water partition coefficient (Wildman–Crippen LogP) is 7.77. The van der Waals surface area contributed by atoms with Gasteiger partial charge in [0.15, 0.2) is 6.20 Å². The minimum atomic E-state index is -0.183. The van der Waals surface area contributed by atoms with Crippen molar-refractivity contribution in [2.24, 2.45) is 0 Å². The first-order valence-electron chi connectivity index (χ1n) is 6.99. The van der Waals surface area contributed by atoms with E-state index in [2.05, 4.69) is 94.0 Å². The van der Waals surface area contributed by atoms with E-state index in [-0.39, 0.29) is 4.03 Å². The fourth-order valence-electron chi connectivity index (χ4n) is 1.55. The number of aryl methyl sites for hydroxylation is 4. The summed E-state index contributed by atoms with van der Waals surface area (Å²) in [5.41, 5.74) is 4.53. The molecule has 0 saturated heterocycles. The van der Waals surface area contributed by atoms with Gasteiger partial charge < -0.3 is 5.21 Å². The molecule has 0 bridgehead atoms. The van der Waals surface area contributed by atoms with E-state index in [1.54, 1.807) is 12.3 Å². The van der Waals surface area contributed by atoms with Gasteiger partial charge in [-0.2, -0.15) is 9.99 Å². The Hall–Kier alpha value is 0.920. The molecule has 2 rings (SSSR count). The van der Waals surface area contributed by atoms with E-state index < -0.39 is 0 Å². The van der Waals surface area contributed by atoms with Crippen molar-refractivity contribution in [3.8, 4) is 6.07 Å². The molecule has 0 fully saturated rings. The van der Waals surface area contributed by atoms with Crippen molar-refractivity contribution >= 4 is 95.7 Å². The first-order valence-corrected chi connectivity index (χ1v) is 16.5. The minimum Gasteiger partial charge on any atom is -0.618 e. The molecule has 0 aliphatic carbocycles. The van der Waals surface area contributed by atoms with Crippen LogP contribution < -0.4 is 4.73 Å². The molecule has 0 amide bonds. The van der Waals surface area contributed by atoms with E-state index in [4.69, 9.17) is 5.26 Å². The molecule has 144 valence electrons. The lowest BCUT2D eigenvalue weighted by molar-refractivity contribution is -0.619. The molecular formula is C16H19Br3I2N3OP. The van der Waals surface area contributed by atoms with E-state index in [0.29, 0.717) is 0 Å². The number of hydrogen-bond acceptors (Lipinski definition) is 3. The molecule has 2 aromatic rings. The van der Waals surface area contributed by atoms with Crippen molar-refractivity contribution in [3.63, 3.8) is 0 Å². The van der Waals surface area contributed by atoms with E-state index >= 15 is 0 Å². The van der Waals surface area contributed by atoms with Crippen molar-refractivity contribution < 1.29 is 4.73 Å². The molecule has 0 saturated carbocycles. The van der Waals surface area contributed by atoms with E-state index in [1.165, 1.54) is 18.1 Å². The Labute approximate surface area is 208 Å². The van der Waals surface area contributed by atoms with Gasteiger partial charge in [0.25, 0.3) is 3.70 Å². The Morgan fingerprint density at radius 3 is 1.85 bits per heavy atom. The number of aromatic nitrogens is 2. The fraction of sp³-hybridized carbons (Fsp3) is 0.312. The molecule has 2 heterocycles. The summed E-state index contributed by atoms with van der Waals surface area (Å²) < 4.78 is 2.56.